The largest absolute Gasteiger partial charge is 0.320 e. The van der Waals surface area contributed by atoms with Crippen LogP contribution in [0.5, 0.6) is 0 Å². The molecule has 0 aliphatic rings. The van der Waals surface area contributed by atoms with E-state index in [1.54, 1.807) is 23.1 Å². The molecule has 6 heteroatoms. The van der Waals surface area contributed by atoms with Crippen LogP contribution in [-0.4, -0.2) is 20.9 Å². The van der Waals surface area contributed by atoms with Crippen LogP contribution in [0.1, 0.15) is 10.4 Å². The van der Waals surface area contributed by atoms with Gasteiger partial charge in [-0.2, -0.15) is 0 Å². The molecule has 1 N–H and O–H groups in total. The fraction of sp³-hybridized carbons (Fsp3) is 0. The predicted molar refractivity (Wildman–Crippen MR) is 83.5 cm³/mol. The summed E-state index contributed by atoms with van der Waals surface area (Å²) in [4.78, 5) is 12.4. The monoisotopic (exact) mass is 342 g/mol. The highest BCUT2D eigenvalue weighted by molar-refractivity contribution is 9.10. The molecule has 1 heterocycles. The summed E-state index contributed by atoms with van der Waals surface area (Å²) in [5.41, 5.74) is 2.00. The molecule has 104 valence electrons. The van der Waals surface area contributed by atoms with Gasteiger partial charge in [-0.25, -0.2) is 4.68 Å². The number of halogens is 1. The molecular formula is C15H11BrN4O. The Bertz CT molecular complexity index is 771. The minimum absolute atomic E-state index is 0.185. The van der Waals surface area contributed by atoms with Gasteiger partial charge in [0, 0.05) is 4.47 Å². The quantitative estimate of drug-likeness (QED) is 0.794. The zero-order valence-corrected chi connectivity index (χ0v) is 12.5. The minimum Gasteiger partial charge on any atom is -0.320 e. The summed E-state index contributed by atoms with van der Waals surface area (Å²) in [5, 5.41) is 10.6. The number of para-hydroxylation sites is 2. The summed E-state index contributed by atoms with van der Waals surface area (Å²) >= 11 is 3.38. The summed E-state index contributed by atoms with van der Waals surface area (Å²) in [5.74, 6) is -0.185. The fourth-order valence-electron chi connectivity index (χ4n) is 1.95. The highest BCUT2D eigenvalue weighted by Gasteiger charge is 2.12. The third kappa shape index (κ3) is 2.85. The van der Waals surface area contributed by atoms with Gasteiger partial charge in [-0.15, -0.1) is 5.10 Å². The lowest BCUT2D eigenvalue weighted by molar-refractivity contribution is 0.102. The van der Waals surface area contributed by atoms with E-state index in [4.69, 9.17) is 0 Å². The first kappa shape index (κ1) is 13.5. The topological polar surface area (TPSA) is 59.8 Å². The maximum Gasteiger partial charge on any atom is 0.256 e. The Balaban J connectivity index is 1.93. The van der Waals surface area contributed by atoms with Gasteiger partial charge < -0.3 is 5.32 Å². The number of nitrogens with one attached hydrogen (secondary N) is 1. The lowest BCUT2D eigenvalue weighted by Gasteiger charge is -2.11. The van der Waals surface area contributed by atoms with Crippen molar-refractivity contribution in [2.75, 3.05) is 5.32 Å². The van der Waals surface area contributed by atoms with E-state index in [0.29, 0.717) is 11.3 Å². The Morgan fingerprint density at radius 2 is 1.86 bits per heavy atom. The Morgan fingerprint density at radius 1 is 1.10 bits per heavy atom. The molecule has 2 aromatic carbocycles. The van der Waals surface area contributed by atoms with E-state index in [2.05, 4.69) is 31.6 Å². The van der Waals surface area contributed by atoms with Crippen molar-refractivity contribution in [3.63, 3.8) is 0 Å². The number of rotatable bonds is 3. The molecule has 21 heavy (non-hydrogen) atoms. The first-order valence-electron chi connectivity index (χ1n) is 6.27. The molecule has 0 fully saturated rings. The van der Waals surface area contributed by atoms with E-state index in [9.17, 15) is 4.79 Å². The molecule has 0 radical (unpaired) electrons. The molecular weight excluding hydrogens is 332 g/mol. The molecule has 0 bridgehead atoms. The Labute approximate surface area is 129 Å². The van der Waals surface area contributed by atoms with Crippen molar-refractivity contribution in [3.8, 4) is 5.69 Å². The summed E-state index contributed by atoms with van der Waals surface area (Å²) in [7, 11) is 0. The van der Waals surface area contributed by atoms with Crippen molar-refractivity contribution >= 4 is 27.5 Å². The second-order valence-electron chi connectivity index (χ2n) is 4.30. The first-order valence-corrected chi connectivity index (χ1v) is 7.06. The number of carbonyl (C=O) groups excluding carboxylic acids is 1. The highest BCUT2D eigenvalue weighted by atomic mass is 79.9. The average Bonchev–Trinajstić information content (AvgIpc) is 3.02. The molecule has 0 saturated heterocycles. The lowest BCUT2D eigenvalue weighted by Crippen LogP contribution is -2.14. The number of hydrogen-bond donors (Lipinski definition) is 1. The third-order valence-corrected chi connectivity index (χ3v) is 3.63. The van der Waals surface area contributed by atoms with E-state index < -0.39 is 0 Å². The van der Waals surface area contributed by atoms with Crippen LogP contribution in [0.4, 0.5) is 5.69 Å². The van der Waals surface area contributed by atoms with Gasteiger partial charge in [0.1, 0.15) is 0 Å². The van der Waals surface area contributed by atoms with Crippen molar-refractivity contribution in [2.24, 2.45) is 0 Å². The number of anilines is 1. The van der Waals surface area contributed by atoms with E-state index in [1.165, 1.54) is 0 Å². The SMILES string of the molecule is O=C(Nc1ccccc1-n1ccnn1)c1ccccc1Br. The summed E-state index contributed by atoms with van der Waals surface area (Å²) in [6.45, 7) is 0. The van der Waals surface area contributed by atoms with Crippen LogP contribution in [-0.2, 0) is 0 Å². The Kier molecular flexibility index (Phi) is 3.79. The van der Waals surface area contributed by atoms with E-state index in [1.807, 2.05) is 42.5 Å². The first-order chi connectivity index (χ1) is 10.3. The predicted octanol–water partition coefficient (Wildman–Crippen LogP) is 3.28. The smallest absolute Gasteiger partial charge is 0.256 e. The molecule has 0 saturated carbocycles. The van der Waals surface area contributed by atoms with Gasteiger partial charge in [-0.3, -0.25) is 4.79 Å². The van der Waals surface area contributed by atoms with Crippen LogP contribution in [0.15, 0.2) is 65.4 Å². The molecule has 0 unspecified atom stereocenters. The summed E-state index contributed by atoms with van der Waals surface area (Å²) < 4.78 is 2.36. The molecule has 1 amide bonds. The molecule has 0 aliphatic heterocycles. The van der Waals surface area contributed by atoms with Gasteiger partial charge in [0.2, 0.25) is 0 Å². The maximum atomic E-state index is 12.4. The van der Waals surface area contributed by atoms with Crippen molar-refractivity contribution in [3.05, 3.63) is 71.0 Å². The summed E-state index contributed by atoms with van der Waals surface area (Å²) in [6, 6.07) is 14.7. The van der Waals surface area contributed by atoms with Crippen molar-refractivity contribution in [1.82, 2.24) is 15.0 Å². The minimum atomic E-state index is -0.185. The number of aromatic nitrogens is 3. The number of benzene rings is 2. The molecule has 5 nitrogen and oxygen atoms in total. The van der Waals surface area contributed by atoms with Gasteiger partial charge in [-0.1, -0.05) is 29.5 Å². The fourth-order valence-corrected chi connectivity index (χ4v) is 2.42. The molecule has 0 aliphatic carbocycles. The Morgan fingerprint density at radius 3 is 2.62 bits per heavy atom. The Hall–Kier alpha value is -2.47. The standard InChI is InChI=1S/C15H11BrN4O/c16-12-6-2-1-5-11(12)15(21)18-13-7-3-4-8-14(13)20-10-9-17-19-20/h1-10H,(H,18,21). The zero-order chi connectivity index (χ0) is 14.7. The van der Waals surface area contributed by atoms with Crippen LogP contribution in [0.25, 0.3) is 5.69 Å². The maximum absolute atomic E-state index is 12.4. The van der Waals surface area contributed by atoms with Gasteiger partial charge in [-0.05, 0) is 40.2 Å². The molecule has 1 aromatic heterocycles. The van der Waals surface area contributed by atoms with E-state index >= 15 is 0 Å². The van der Waals surface area contributed by atoms with Crippen molar-refractivity contribution in [1.29, 1.82) is 0 Å². The van der Waals surface area contributed by atoms with Gasteiger partial charge >= 0.3 is 0 Å². The van der Waals surface area contributed by atoms with Gasteiger partial charge in [0.15, 0.2) is 0 Å². The normalized spacial score (nSPS) is 10.3. The molecule has 3 rings (SSSR count). The van der Waals surface area contributed by atoms with Crippen molar-refractivity contribution in [2.45, 2.75) is 0 Å². The molecule has 0 atom stereocenters. The second kappa shape index (κ2) is 5.88. The molecule has 3 aromatic rings. The number of amides is 1. The summed E-state index contributed by atoms with van der Waals surface area (Å²) in [6.07, 6.45) is 3.32. The van der Waals surface area contributed by atoms with E-state index in [-0.39, 0.29) is 5.91 Å². The third-order valence-electron chi connectivity index (χ3n) is 2.94. The lowest BCUT2D eigenvalue weighted by atomic mass is 10.2. The van der Waals surface area contributed by atoms with Crippen LogP contribution >= 0.6 is 15.9 Å². The average molecular weight is 343 g/mol. The van der Waals surface area contributed by atoms with E-state index in [0.717, 1.165) is 10.2 Å². The van der Waals surface area contributed by atoms with Gasteiger partial charge in [0.05, 0.1) is 29.3 Å². The van der Waals surface area contributed by atoms with Crippen molar-refractivity contribution < 1.29 is 4.79 Å². The van der Waals surface area contributed by atoms with Crippen LogP contribution in [0.2, 0.25) is 0 Å². The highest BCUT2D eigenvalue weighted by Crippen LogP contribution is 2.22. The van der Waals surface area contributed by atoms with Crippen LogP contribution in [0, 0.1) is 0 Å². The van der Waals surface area contributed by atoms with Crippen LogP contribution < -0.4 is 5.32 Å². The molecule has 0 spiro atoms. The second-order valence-corrected chi connectivity index (χ2v) is 5.15. The van der Waals surface area contributed by atoms with Gasteiger partial charge in [0.25, 0.3) is 5.91 Å². The number of nitrogens with zero attached hydrogens (tertiary/aromatic N) is 3. The zero-order valence-electron chi connectivity index (χ0n) is 10.9. The number of carbonyl (C=O) groups is 1. The van der Waals surface area contributed by atoms with Crippen LogP contribution in [0.3, 0.4) is 0 Å². The number of hydrogen-bond acceptors (Lipinski definition) is 3.